The van der Waals surface area contributed by atoms with Gasteiger partial charge in [0.1, 0.15) is 5.76 Å². The molecule has 0 saturated heterocycles. The van der Waals surface area contributed by atoms with Gasteiger partial charge in [0, 0.05) is 27.7 Å². The summed E-state index contributed by atoms with van der Waals surface area (Å²) < 4.78 is 11.3. The monoisotopic (exact) mass is 523 g/mol. The number of nitrogens with zero attached hydrogens (tertiary/aromatic N) is 1. The molecule has 2 amide bonds. The first kappa shape index (κ1) is 23.4. The lowest BCUT2D eigenvalue weighted by atomic mass is 9.93. The molecule has 4 rings (SSSR count). The maximum Gasteiger partial charge on any atom is 0.337 e. The Balaban J connectivity index is 1.53. The molecular weight excluding hydrogens is 502 g/mol. The lowest BCUT2D eigenvalue weighted by Gasteiger charge is -2.13. The Morgan fingerprint density at radius 2 is 1.76 bits per heavy atom. The Bertz CT molecular complexity index is 1290. The van der Waals surface area contributed by atoms with Crippen LogP contribution in [0, 0.1) is 6.92 Å². The van der Waals surface area contributed by atoms with E-state index in [-0.39, 0.29) is 11.7 Å². The third kappa shape index (κ3) is 4.79. The topological polar surface area (TPSA) is 110 Å². The predicted molar refractivity (Wildman–Crippen MR) is 130 cm³/mol. The van der Waals surface area contributed by atoms with Crippen molar-refractivity contribution in [3.63, 3.8) is 0 Å². The van der Waals surface area contributed by atoms with E-state index < -0.39 is 11.9 Å². The number of aryl methyl sites for hydroxylation is 1. The Morgan fingerprint density at radius 3 is 2.47 bits per heavy atom. The number of ether oxygens (including phenoxy) is 1. The third-order valence-electron chi connectivity index (χ3n) is 5.51. The van der Waals surface area contributed by atoms with Crippen molar-refractivity contribution in [2.24, 2.45) is 5.10 Å². The zero-order valence-electron chi connectivity index (χ0n) is 18.6. The van der Waals surface area contributed by atoms with Gasteiger partial charge in [-0.15, -0.1) is 0 Å². The fourth-order valence-corrected chi connectivity index (χ4v) is 4.28. The van der Waals surface area contributed by atoms with E-state index >= 15 is 0 Å². The molecule has 0 unspecified atom stereocenters. The number of carbonyl (C=O) groups is 3. The molecule has 0 atom stereocenters. The summed E-state index contributed by atoms with van der Waals surface area (Å²) in [6.45, 7) is 1.80. The van der Waals surface area contributed by atoms with Crippen molar-refractivity contribution in [3.8, 4) is 0 Å². The Hall–Kier alpha value is -3.72. The molecule has 9 heteroatoms. The highest BCUT2D eigenvalue weighted by atomic mass is 79.9. The standard InChI is InChI=1S/C25H22BrN3O5/c1-14-21-19(28-29-23(30)17-6-3-4-7-18(17)26)8-5-9-20(21)34-22(14)24(31)27-16-12-10-15(11-13-16)25(32)33-2/h3-4,6-7,10-13H,5,8-9H2,1-2H3,(H,27,31)(H,29,30)/b28-19+. The largest absolute Gasteiger partial charge is 0.465 e. The van der Waals surface area contributed by atoms with Crippen LogP contribution in [0.1, 0.15) is 61.0 Å². The van der Waals surface area contributed by atoms with Gasteiger partial charge in [-0.25, -0.2) is 10.2 Å². The molecule has 0 aliphatic heterocycles. The van der Waals surface area contributed by atoms with Crippen molar-refractivity contribution in [3.05, 3.63) is 86.8 Å². The highest BCUT2D eigenvalue weighted by Gasteiger charge is 2.28. The van der Waals surface area contributed by atoms with Crippen LogP contribution in [0.25, 0.3) is 0 Å². The molecule has 34 heavy (non-hydrogen) atoms. The van der Waals surface area contributed by atoms with Crippen LogP contribution in [0.15, 0.2) is 62.5 Å². The van der Waals surface area contributed by atoms with Gasteiger partial charge in [-0.3, -0.25) is 9.59 Å². The van der Waals surface area contributed by atoms with E-state index in [4.69, 9.17) is 4.42 Å². The average Bonchev–Trinajstić information content (AvgIpc) is 3.20. The molecule has 2 aromatic carbocycles. The first-order chi connectivity index (χ1) is 16.4. The average molecular weight is 524 g/mol. The maximum atomic E-state index is 12.9. The minimum atomic E-state index is -0.453. The number of carbonyl (C=O) groups excluding carboxylic acids is 3. The number of rotatable bonds is 5. The molecule has 1 heterocycles. The van der Waals surface area contributed by atoms with Gasteiger partial charge in [0.05, 0.1) is 23.9 Å². The van der Waals surface area contributed by atoms with Gasteiger partial charge in [-0.1, -0.05) is 12.1 Å². The van der Waals surface area contributed by atoms with Crippen LogP contribution < -0.4 is 10.7 Å². The van der Waals surface area contributed by atoms with Crippen molar-refractivity contribution in [2.75, 3.05) is 12.4 Å². The molecule has 2 N–H and O–H groups in total. The highest BCUT2D eigenvalue weighted by Crippen LogP contribution is 2.30. The molecule has 8 nitrogen and oxygen atoms in total. The van der Waals surface area contributed by atoms with E-state index in [9.17, 15) is 14.4 Å². The summed E-state index contributed by atoms with van der Waals surface area (Å²) in [7, 11) is 1.31. The van der Waals surface area contributed by atoms with Gasteiger partial charge >= 0.3 is 5.97 Å². The van der Waals surface area contributed by atoms with Crippen LogP contribution in [-0.2, 0) is 11.2 Å². The van der Waals surface area contributed by atoms with Crippen molar-refractivity contribution in [1.82, 2.24) is 5.43 Å². The number of fused-ring (bicyclic) bond motifs is 1. The van der Waals surface area contributed by atoms with E-state index in [1.807, 2.05) is 6.07 Å². The van der Waals surface area contributed by atoms with Gasteiger partial charge in [0.2, 0.25) is 0 Å². The van der Waals surface area contributed by atoms with Crippen LogP contribution in [-0.4, -0.2) is 30.6 Å². The normalized spacial score (nSPS) is 13.8. The van der Waals surface area contributed by atoms with Crippen molar-refractivity contribution >= 4 is 45.1 Å². The number of anilines is 1. The van der Waals surface area contributed by atoms with Crippen molar-refractivity contribution in [2.45, 2.75) is 26.2 Å². The number of hydrazone groups is 1. The number of nitrogens with one attached hydrogen (secondary N) is 2. The third-order valence-corrected chi connectivity index (χ3v) is 6.20. The number of hydrogen-bond donors (Lipinski definition) is 2. The molecule has 0 saturated carbocycles. The lowest BCUT2D eigenvalue weighted by Crippen LogP contribution is -2.22. The Kier molecular flexibility index (Phi) is 6.93. The smallest absolute Gasteiger partial charge is 0.337 e. The minimum absolute atomic E-state index is 0.189. The van der Waals surface area contributed by atoms with Crippen LogP contribution in [0.2, 0.25) is 0 Å². The maximum absolute atomic E-state index is 12.9. The summed E-state index contributed by atoms with van der Waals surface area (Å²) in [6, 6.07) is 13.5. The first-order valence-electron chi connectivity index (χ1n) is 10.6. The molecule has 3 aromatic rings. The van der Waals surface area contributed by atoms with Crippen molar-refractivity contribution in [1.29, 1.82) is 0 Å². The number of benzene rings is 2. The zero-order valence-corrected chi connectivity index (χ0v) is 20.2. The summed E-state index contributed by atoms with van der Waals surface area (Å²) in [5.41, 5.74) is 6.08. The van der Waals surface area contributed by atoms with E-state index in [1.165, 1.54) is 7.11 Å². The van der Waals surface area contributed by atoms with Crippen LogP contribution >= 0.6 is 15.9 Å². The van der Waals surface area contributed by atoms with Gasteiger partial charge in [-0.05, 0) is 72.1 Å². The summed E-state index contributed by atoms with van der Waals surface area (Å²) in [6.07, 6.45) is 2.12. The lowest BCUT2D eigenvalue weighted by molar-refractivity contribution is 0.0600. The fourth-order valence-electron chi connectivity index (χ4n) is 3.82. The van der Waals surface area contributed by atoms with Gasteiger partial charge < -0.3 is 14.5 Å². The van der Waals surface area contributed by atoms with E-state index in [1.54, 1.807) is 49.4 Å². The first-order valence-corrected chi connectivity index (χ1v) is 11.4. The van der Waals surface area contributed by atoms with Gasteiger partial charge in [-0.2, -0.15) is 5.10 Å². The summed E-state index contributed by atoms with van der Waals surface area (Å²) in [4.78, 5) is 37.0. The second kappa shape index (κ2) is 10.0. The number of halogens is 1. The molecule has 1 aliphatic carbocycles. The van der Waals surface area contributed by atoms with Gasteiger partial charge in [0.15, 0.2) is 5.76 Å². The highest BCUT2D eigenvalue weighted by molar-refractivity contribution is 9.10. The molecule has 0 radical (unpaired) electrons. The van der Waals surface area contributed by atoms with E-state index in [2.05, 4.69) is 36.5 Å². The zero-order chi connectivity index (χ0) is 24.2. The van der Waals surface area contributed by atoms with Crippen LogP contribution in [0.5, 0.6) is 0 Å². The molecule has 1 aromatic heterocycles. The number of furan rings is 1. The molecule has 0 bridgehead atoms. The minimum Gasteiger partial charge on any atom is -0.465 e. The Morgan fingerprint density at radius 1 is 1.03 bits per heavy atom. The molecule has 0 spiro atoms. The fraction of sp³-hybridized carbons (Fsp3) is 0.200. The summed E-state index contributed by atoms with van der Waals surface area (Å²) >= 11 is 3.37. The SMILES string of the molecule is COC(=O)c1ccc(NC(=O)c2oc3c(c2C)/C(=N/NC(=O)c2ccccc2Br)CCC3)cc1. The van der Waals surface area contributed by atoms with Crippen LogP contribution in [0.3, 0.4) is 0 Å². The van der Waals surface area contributed by atoms with Crippen molar-refractivity contribution < 1.29 is 23.5 Å². The second-order valence-corrected chi connectivity index (χ2v) is 8.56. The predicted octanol–water partition coefficient (Wildman–Crippen LogP) is 4.86. The summed E-state index contributed by atoms with van der Waals surface area (Å²) in [5, 5.41) is 7.14. The number of esters is 1. The number of hydrogen-bond acceptors (Lipinski definition) is 6. The molecule has 1 aliphatic rings. The van der Waals surface area contributed by atoms with E-state index in [0.717, 1.165) is 12.0 Å². The second-order valence-electron chi connectivity index (χ2n) is 7.71. The number of methoxy groups -OCH3 is 1. The molecular formula is C25H22BrN3O5. The van der Waals surface area contributed by atoms with E-state index in [0.29, 0.717) is 51.2 Å². The molecule has 0 fully saturated rings. The quantitative estimate of drug-likeness (QED) is 0.366. The summed E-state index contributed by atoms with van der Waals surface area (Å²) in [5.74, 6) is -0.334. The van der Waals surface area contributed by atoms with Crippen LogP contribution in [0.4, 0.5) is 5.69 Å². The molecule has 174 valence electrons. The van der Waals surface area contributed by atoms with Gasteiger partial charge in [0.25, 0.3) is 11.8 Å². The number of amides is 2. The Labute approximate surface area is 204 Å².